The van der Waals surface area contributed by atoms with Crippen LogP contribution >= 0.6 is 0 Å². The molecular weight excluding hydrogens is 444 g/mol. The lowest BCUT2D eigenvalue weighted by Crippen LogP contribution is -2.30. The summed E-state index contributed by atoms with van der Waals surface area (Å²) in [6.45, 7) is -3.37. The van der Waals surface area contributed by atoms with Crippen molar-refractivity contribution in [3.8, 4) is 11.5 Å². The van der Waals surface area contributed by atoms with Crippen LogP contribution in [0, 0.1) is 0 Å². The fourth-order valence-corrected chi connectivity index (χ4v) is 3.56. The minimum absolute atomic E-state index is 0.0490. The molecule has 0 unspecified atom stereocenters. The predicted octanol–water partition coefficient (Wildman–Crippen LogP) is 4.79. The van der Waals surface area contributed by atoms with Gasteiger partial charge in [0, 0.05) is 12.5 Å². The zero-order valence-corrected chi connectivity index (χ0v) is 18.6. The van der Waals surface area contributed by atoms with Crippen molar-refractivity contribution in [1.29, 1.82) is 0 Å². The number of carbonyl (C=O) groups is 2. The van der Waals surface area contributed by atoms with Crippen LogP contribution in [0.5, 0.6) is 11.5 Å². The molecule has 1 N–H and O–H groups in total. The van der Waals surface area contributed by atoms with Crippen LogP contribution in [-0.2, 0) is 9.53 Å². The number of hydrogen-bond acceptors (Lipinski definition) is 5. The van der Waals surface area contributed by atoms with E-state index in [4.69, 9.17) is 9.47 Å². The van der Waals surface area contributed by atoms with Crippen molar-refractivity contribution < 1.29 is 32.6 Å². The van der Waals surface area contributed by atoms with E-state index in [1.807, 2.05) is 60.7 Å². The van der Waals surface area contributed by atoms with Gasteiger partial charge in [-0.05, 0) is 29.7 Å². The van der Waals surface area contributed by atoms with Gasteiger partial charge in [0.2, 0.25) is 0 Å². The first-order chi connectivity index (χ1) is 16.5. The molecule has 0 aliphatic heterocycles. The highest BCUT2D eigenvalue weighted by Gasteiger charge is 2.22. The summed E-state index contributed by atoms with van der Waals surface area (Å²) in [5.41, 5.74) is 1.98. The number of ether oxygens (including phenoxy) is 3. The van der Waals surface area contributed by atoms with Gasteiger partial charge < -0.3 is 19.5 Å². The first-order valence-electron chi connectivity index (χ1n) is 10.6. The molecule has 3 rings (SSSR count). The summed E-state index contributed by atoms with van der Waals surface area (Å²) in [7, 11) is 1.26. The van der Waals surface area contributed by atoms with Crippen molar-refractivity contribution in [2.24, 2.45) is 0 Å². The third-order valence-corrected chi connectivity index (χ3v) is 5.12. The maximum absolute atomic E-state index is 12.8. The van der Waals surface area contributed by atoms with Crippen LogP contribution in [0.2, 0.25) is 0 Å². The molecule has 0 spiro atoms. The number of rotatable bonds is 11. The fourth-order valence-electron chi connectivity index (χ4n) is 3.56. The molecule has 0 bridgehead atoms. The average Bonchev–Trinajstić information content (AvgIpc) is 2.86. The molecule has 6 nitrogen and oxygen atoms in total. The smallest absolute Gasteiger partial charge is 0.387 e. The summed E-state index contributed by atoms with van der Waals surface area (Å²) >= 11 is 0. The van der Waals surface area contributed by atoms with E-state index < -0.39 is 30.8 Å². The zero-order chi connectivity index (χ0) is 24.3. The zero-order valence-electron chi connectivity index (χ0n) is 18.6. The van der Waals surface area contributed by atoms with Gasteiger partial charge in [-0.2, -0.15) is 8.78 Å². The maximum atomic E-state index is 12.8. The van der Waals surface area contributed by atoms with Crippen LogP contribution < -0.4 is 14.8 Å². The summed E-state index contributed by atoms with van der Waals surface area (Å²) in [4.78, 5) is 24.6. The van der Waals surface area contributed by atoms with Gasteiger partial charge in [0.15, 0.2) is 18.1 Å². The van der Waals surface area contributed by atoms with E-state index in [1.54, 1.807) is 0 Å². The topological polar surface area (TPSA) is 73.9 Å². The Morgan fingerprint density at radius 2 is 1.50 bits per heavy atom. The van der Waals surface area contributed by atoms with E-state index in [1.165, 1.54) is 25.3 Å². The number of methoxy groups -OCH3 is 1. The molecular formula is C26H25F2NO5. The van der Waals surface area contributed by atoms with Gasteiger partial charge >= 0.3 is 12.6 Å². The molecule has 0 fully saturated rings. The summed E-state index contributed by atoms with van der Waals surface area (Å²) < 4.78 is 39.9. The van der Waals surface area contributed by atoms with Crippen molar-refractivity contribution in [3.63, 3.8) is 0 Å². The monoisotopic (exact) mass is 469 g/mol. The van der Waals surface area contributed by atoms with Crippen molar-refractivity contribution in [1.82, 2.24) is 5.32 Å². The molecule has 0 aliphatic carbocycles. The quantitative estimate of drug-likeness (QED) is 0.409. The SMILES string of the molecule is COc1cccc(C(=O)OCC(=O)NCCC(c2ccccc2)c2ccccc2)c1OC(F)F. The molecule has 0 aromatic heterocycles. The van der Waals surface area contributed by atoms with Gasteiger partial charge in [-0.1, -0.05) is 66.7 Å². The first kappa shape index (κ1) is 24.7. The molecule has 0 radical (unpaired) electrons. The Kier molecular flexibility index (Phi) is 8.96. The van der Waals surface area contributed by atoms with Crippen molar-refractivity contribution in [2.45, 2.75) is 19.0 Å². The first-order valence-corrected chi connectivity index (χ1v) is 10.6. The number of amides is 1. The van der Waals surface area contributed by atoms with Crippen LogP contribution in [0.3, 0.4) is 0 Å². The fraction of sp³-hybridized carbons (Fsp3) is 0.231. The van der Waals surface area contributed by atoms with E-state index in [9.17, 15) is 18.4 Å². The van der Waals surface area contributed by atoms with Gasteiger partial charge in [-0.3, -0.25) is 4.79 Å². The molecule has 8 heteroatoms. The van der Waals surface area contributed by atoms with Crippen LogP contribution in [0.4, 0.5) is 8.78 Å². The van der Waals surface area contributed by atoms with Crippen molar-refractivity contribution in [3.05, 3.63) is 95.6 Å². The number of alkyl halides is 2. The minimum Gasteiger partial charge on any atom is -0.493 e. The van der Waals surface area contributed by atoms with Crippen molar-refractivity contribution in [2.75, 3.05) is 20.3 Å². The highest BCUT2D eigenvalue weighted by Crippen LogP contribution is 2.33. The highest BCUT2D eigenvalue weighted by molar-refractivity contribution is 5.95. The van der Waals surface area contributed by atoms with Crippen LogP contribution in [-0.4, -0.2) is 38.7 Å². The Hall–Kier alpha value is -3.94. The molecule has 3 aromatic rings. The molecule has 0 heterocycles. The normalized spacial score (nSPS) is 10.7. The lowest BCUT2D eigenvalue weighted by molar-refractivity contribution is -0.124. The number of hydrogen-bond donors (Lipinski definition) is 1. The van der Waals surface area contributed by atoms with E-state index in [-0.39, 0.29) is 17.2 Å². The van der Waals surface area contributed by atoms with E-state index in [0.717, 1.165) is 11.1 Å². The van der Waals surface area contributed by atoms with Gasteiger partial charge in [-0.25, -0.2) is 4.79 Å². The molecule has 178 valence electrons. The molecule has 34 heavy (non-hydrogen) atoms. The lowest BCUT2D eigenvalue weighted by atomic mass is 9.88. The summed E-state index contributed by atoms with van der Waals surface area (Å²) in [6, 6.07) is 24.0. The van der Waals surface area contributed by atoms with E-state index in [0.29, 0.717) is 13.0 Å². The number of halogens is 2. The van der Waals surface area contributed by atoms with E-state index >= 15 is 0 Å². The van der Waals surface area contributed by atoms with Gasteiger partial charge in [0.05, 0.1) is 7.11 Å². The van der Waals surface area contributed by atoms with Crippen LogP contribution in [0.25, 0.3) is 0 Å². The van der Waals surface area contributed by atoms with Gasteiger partial charge in [-0.15, -0.1) is 0 Å². The van der Waals surface area contributed by atoms with Gasteiger partial charge in [0.1, 0.15) is 5.56 Å². The summed E-state index contributed by atoms with van der Waals surface area (Å²) in [5, 5.41) is 2.74. The van der Waals surface area contributed by atoms with Crippen LogP contribution in [0.1, 0.15) is 33.8 Å². The Morgan fingerprint density at radius 1 is 0.882 bits per heavy atom. The molecule has 0 aliphatic rings. The molecule has 1 amide bonds. The summed E-state index contributed by atoms with van der Waals surface area (Å²) in [5.74, 6) is -1.90. The third-order valence-electron chi connectivity index (χ3n) is 5.12. The Morgan fingerprint density at radius 3 is 2.06 bits per heavy atom. The second-order valence-electron chi connectivity index (χ2n) is 7.30. The van der Waals surface area contributed by atoms with Crippen LogP contribution in [0.15, 0.2) is 78.9 Å². The second kappa shape index (κ2) is 12.3. The predicted molar refractivity (Wildman–Crippen MR) is 122 cm³/mol. The number of esters is 1. The largest absolute Gasteiger partial charge is 0.493 e. The number of carbonyl (C=O) groups excluding carboxylic acids is 2. The van der Waals surface area contributed by atoms with E-state index in [2.05, 4.69) is 10.1 Å². The molecule has 0 atom stereocenters. The second-order valence-corrected chi connectivity index (χ2v) is 7.30. The molecule has 3 aromatic carbocycles. The third kappa shape index (κ3) is 6.78. The molecule has 0 saturated heterocycles. The standard InChI is InChI=1S/C26H25F2NO5/c1-32-22-14-8-13-21(24(22)34-26(27)28)25(31)33-17-23(30)29-16-15-20(18-9-4-2-5-10-18)19-11-6-3-7-12-19/h2-14,20,26H,15-17H2,1H3,(H,29,30). The average molecular weight is 469 g/mol. The number of benzene rings is 3. The minimum atomic E-state index is -3.16. The Balaban J connectivity index is 1.57. The maximum Gasteiger partial charge on any atom is 0.387 e. The molecule has 0 saturated carbocycles. The van der Waals surface area contributed by atoms with Gasteiger partial charge in [0.25, 0.3) is 5.91 Å². The lowest BCUT2D eigenvalue weighted by Gasteiger charge is -2.18. The Bertz CT molecular complexity index is 1040. The van der Waals surface area contributed by atoms with Crippen molar-refractivity contribution >= 4 is 11.9 Å². The number of nitrogens with one attached hydrogen (secondary N) is 1. The Labute approximate surface area is 196 Å². The summed E-state index contributed by atoms with van der Waals surface area (Å²) in [6.07, 6.45) is 0.635. The number of para-hydroxylation sites is 1. The highest BCUT2D eigenvalue weighted by atomic mass is 19.3.